The van der Waals surface area contributed by atoms with Crippen molar-refractivity contribution in [2.24, 2.45) is 5.73 Å². The number of nitrogens with one attached hydrogen (secondary N) is 1. The number of carbonyl (C=O) groups is 1. The number of rotatable bonds is 9. The first-order valence-electron chi connectivity index (χ1n) is 7.84. The van der Waals surface area contributed by atoms with Gasteiger partial charge in [-0.15, -0.1) is 0 Å². The molecule has 5 heteroatoms. The molecule has 20 heavy (non-hydrogen) atoms. The summed E-state index contributed by atoms with van der Waals surface area (Å²) in [5.41, 5.74) is 4.87. The molecule has 1 rings (SSSR count). The molecule has 0 aliphatic carbocycles. The van der Waals surface area contributed by atoms with Crippen LogP contribution in [0.1, 0.15) is 39.5 Å². The van der Waals surface area contributed by atoms with Gasteiger partial charge < -0.3 is 16.0 Å². The van der Waals surface area contributed by atoms with E-state index in [9.17, 15) is 4.79 Å². The Hall–Kier alpha value is -0.650. The minimum absolute atomic E-state index is 0.268. The third kappa shape index (κ3) is 4.72. The second kappa shape index (κ2) is 7.96. The lowest BCUT2D eigenvalue weighted by Crippen LogP contribution is -2.51. The van der Waals surface area contributed by atoms with Crippen molar-refractivity contribution in [1.82, 2.24) is 15.1 Å². The molecule has 0 aromatic rings. The second-order valence-corrected chi connectivity index (χ2v) is 6.24. The van der Waals surface area contributed by atoms with Crippen LogP contribution >= 0.6 is 0 Å². The molecule has 2 unspecified atom stereocenters. The van der Waals surface area contributed by atoms with Crippen LogP contribution in [0.3, 0.4) is 0 Å². The molecular formula is C15H32N4O. The first-order chi connectivity index (χ1) is 9.42. The van der Waals surface area contributed by atoms with Gasteiger partial charge in [-0.05, 0) is 66.3 Å². The Bertz CT molecular complexity index is 310. The van der Waals surface area contributed by atoms with Crippen LogP contribution in [-0.4, -0.2) is 67.6 Å². The average molecular weight is 284 g/mol. The van der Waals surface area contributed by atoms with Crippen LogP contribution in [-0.2, 0) is 4.79 Å². The molecule has 1 aliphatic rings. The molecule has 2 atom stereocenters. The number of likely N-dealkylation sites (tertiary alicyclic amines) is 1. The van der Waals surface area contributed by atoms with Crippen LogP contribution < -0.4 is 11.1 Å². The zero-order valence-corrected chi connectivity index (χ0v) is 13.6. The molecule has 5 nitrogen and oxygen atoms in total. The minimum Gasteiger partial charge on any atom is -0.368 e. The highest BCUT2D eigenvalue weighted by Crippen LogP contribution is 2.18. The van der Waals surface area contributed by atoms with E-state index in [4.69, 9.17) is 5.73 Å². The number of primary amides is 1. The van der Waals surface area contributed by atoms with Gasteiger partial charge in [0.2, 0.25) is 5.91 Å². The topological polar surface area (TPSA) is 61.6 Å². The SMILES string of the molecule is CCN1CCCC1CN(C)CCCC(C)(NC)C(N)=O. The van der Waals surface area contributed by atoms with Gasteiger partial charge >= 0.3 is 0 Å². The smallest absolute Gasteiger partial charge is 0.237 e. The van der Waals surface area contributed by atoms with Crippen molar-refractivity contribution < 1.29 is 4.79 Å². The van der Waals surface area contributed by atoms with Crippen molar-refractivity contribution in [2.45, 2.75) is 51.1 Å². The molecule has 0 radical (unpaired) electrons. The molecule has 1 aliphatic heterocycles. The predicted molar refractivity (Wildman–Crippen MR) is 83.7 cm³/mol. The molecule has 0 aromatic carbocycles. The van der Waals surface area contributed by atoms with E-state index in [0.29, 0.717) is 6.04 Å². The van der Waals surface area contributed by atoms with Crippen molar-refractivity contribution >= 4 is 5.91 Å². The van der Waals surface area contributed by atoms with E-state index in [-0.39, 0.29) is 5.91 Å². The van der Waals surface area contributed by atoms with Gasteiger partial charge in [0.25, 0.3) is 0 Å². The molecular weight excluding hydrogens is 252 g/mol. The van der Waals surface area contributed by atoms with Crippen molar-refractivity contribution in [1.29, 1.82) is 0 Å². The van der Waals surface area contributed by atoms with Gasteiger partial charge in [0, 0.05) is 12.6 Å². The van der Waals surface area contributed by atoms with E-state index in [0.717, 1.165) is 32.5 Å². The lowest BCUT2D eigenvalue weighted by Gasteiger charge is -2.29. The number of carbonyl (C=O) groups excluding carboxylic acids is 1. The standard InChI is InChI=1S/C15H32N4O/c1-5-19-11-6-8-13(19)12-18(4)10-7-9-15(2,17-3)14(16)20/h13,17H,5-12H2,1-4H3,(H2,16,20). The molecule has 1 amide bonds. The summed E-state index contributed by atoms with van der Waals surface area (Å²) >= 11 is 0. The van der Waals surface area contributed by atoms with Gasteiger partial charge in [-0.3, -0.25) is 9.69 Å². The van der Waals surface area contributed by atoms with E-state index in [1.165, 1.54) is 19.4 Å². The highest BCUT2D eigenvalue weighted by atomic mass is 16.1. The quantitative estimate of drug-likeness (QED) is 0.652. The highest BCUT2D eigenvalue weighted by molar-refractivity contribution is 5.84. The lowest BCUT2D eigenvalue weighted by molar-refractivity contribution is -0.123. The fraction of sp³-hybridized carbons (Fsp3) is 0.933. The van der Waals surface area contributed by atoms with Gasteiger partial charge in [-0.1, -0.05) is 6.92 Å². The Morgan fingerprint density at radius 1 is 1.55 bits per heavy atom. The summed E-state index contributed by atoms with van der Waals surface area (Å²) in [7, 11) is 3.97. The maximum Gasteiger partial charge on any atom is 0.237 e. The number of amides is 1. The summed E-state index contributed by atoms with van der Waals surface area (Å²) in [5.74, 6) is -0.268. The summed E-state index contributed by atoms with van der Waals surface area (Å²) in [4.78, 5) is 16.4. The molecule has 1 heterocycles. The van der Waals surface area contributed by atoms with E-state index in [1.807, 2.05) is 6.92 Å². The molecule has 0 bridgehead atoms. The summed E-state index contributed by atoms with van der Waals surface area (Å²) in [6.07, 6.45) is 4.40. The number of likely N-dealkylation sites (N-methyl/N-ethyl adjacent to an activating group) is 3. The van der Waals surface area contributed by atoms with Crippen LogP contribution in [0.2, 0.25) is 0 Å². The zero-order valence-electron chi connectivity index (χ0n) is 13.6. The Morgan fingerprint density at radius 3 is 2.80 bits per heavy atom. The Morgan fingerprint density at radius 2 is 2.25 bits per heavy atom. The number of hydrogen-bond acceptors (Lipinski definition) is 4. The van der Waals surface area contributed by atoms with E-state index in [1.54, 1.807) is 7.05 Å². The van der Waals surface area contributed by atoms with Gasteiger partial charge in [-0.2, -0.15) is 0 Å². The van der Waals surface area contributed by atoms with Crippen LogP contribution in [0.25, 0.3) is 0 Å². The molecule has 1 fully saturated rings. The summed E-state index contributed by atoms with van der Waals surface area (Å²) in [6.45, 7) is 8.65. The average Bonchev–Trinajstić information content (AvgIpc) is 2.85. The summed E-state index contributed by atoms with van der Waals surface area (Å²) in [6, 6.07) is 0.705. The van der Waals surface area contributed by atoms with Crippen LogP contribution in [0.5, 0.6) is 0 Å². The Balaban J connectivity index is 2.29. The molecule has 0 aromatic heterocycles. The number of nitrogens with zero attached hydrogens (tertiary/aromatic N) is 2. The Kier molecular flexibility index (Phi) is 6.92. The van der Waals surface area contributed by atoms with Gasteiger partial charge in [0.1, 0.15) is 0 Å². The number of hydrogen-bond donors (Lipinski definition) is 2. The van der Waals surface area contributed by atoms with E-state index < -0.39 is 5.54 Å². The third-order valence-corrected chi connectivity index (χ3v) is 4.74. The largest absolute Gasteiger partial charge is 0.368 e. The zero-order chi connectivity index (χ0) is 15.2. The van der Waals surface area contributed by atoms with E-state index in [2.05, 4.69) is 29.1 Å². The monoisotopic (exact) mass is 284 g/mol. The van der Waals surface area contributed by atoms with Gasteiger partial charge in [-0.25, -0.2) is 0 Å². The normalized spacial score (nSPS) is 23.1. The molecule has 1 saturated heterocycles. The molecule has 3 N–H and O–H groups in total. The van der Waals surface area contributed by atoms with Crippen LogP contribution in [0, 0.1) is 0 Å². The fourth-order valence-electron chi connectivity index (χ4n) is 3.04. The molecule has 118 valence electrons. The molecule has 0 saturated carbocycles. The minimum atomic E-state index is -0.580. The third-order valence-electron chi connectivity index (χ3n) is 4.74. The highest BCUT2D eigenvalue weighted by Gasteiger charge is 2.28. The van der Waals surface area contributed by atoms with Gasteiger partial charge in [0.15, 0.2) is 0 Å². The predicted octanol–water partition coefficient (Wildman–Crippen LogP) is 0.646. The first-order valence-corrected chi connectivity index (χ1v) is 7.84. The fourth-order valence-corrected chi connectivity index (χ4v) is 3.04. The van der Waals surface area contributed by atoms with Gasteiger partial charge in [0.05, 0.1) is 5.54 Å². The second-order valence-electron chi connectivity index (χ2n) is 6.24. The van der Waals surface area contributed by atoms with Crippen molar-refractivity contribution in [3.63, 3.8) is 0 Å². The number of nitrogens with two attached hydrogens (primary N) is 1. The summed E-state index contributed by atoms with van der Waals surface area (Å²) in [5, 5.41) is 3.04. The van der Waals surface area contributed by atoms with E-state index >= 15 is 0 Å². The first kappa shape index (κ1) is 17.4. The van der Waals surface area contributed by atoms with Crippen molar-refractivity contribution in [2.75, 3.05) is 40.3 Å². The maximum atomic E-state index is 11.4. The maximum absolute atomic E-state index is 11.4. The van der Waals surface area contributed by atoms with Crippen molar-refractivity contribution in [3.8, 4) is 0 Å². The summed E-state index contributed by atoms with van der Waals surface area (Å²) < 4.78 is 0. The lowest BCUT2D eigenvalue weighted by atomic mass is 9.95. The molecule has 0 spiro atoms. The van der Waals surface area contributed by atoms with Crippen molar-refractivity contribution in [3.05, 3.63) is 0 Å². The Labute approximate surface area is 123 Å². The van der Waals surface area contributed by atoms with Crippen LogP contribution in [0.4, 0.5) is 0 Å². The van der Waals surface area contributed by atoms with Crippen LogP contribution in [0.15, 0.2) is 0 Å².